The van der Waals surface area contributed by atoms with Gasteiger partial charge < -0.3 is 14.8 Å². The average molecular weight is 388 g/mol. The van der Waals surface area contributed by atoms with E-state index in [2.05, 4.69) is 28.2 Å². The second-order valence-corrected chi connectivity index (χ2v) is 7.18. The largest absolute Gasteiger partial charge is 0.486 e. The molecule has 0 saturated heterocycles. The zero-order valence-corrected chi connectivity index (χ0v) is 15.4. The molecule has 1 N–H and O–H groups in total. The molecule has 1 aromatic carbocycles. The van der Waals surface area contributed by atoms with E-state index < -0.39 is 0 Å². The summed E-state index contributed by atoms with van der Waals surface area (Å²) in [5.41, 5.74) is 1.11. The fraction of sp³-hybridized carbons (Fsp3) is 0.562. The number of benzene rings is 1. The van der Waals surface area contributed by atoms with Gasteiger partial charge in [-0.15, -0.1) is 11.8 Å². The highest BCUT2D eigenvalue weighted by Crippen LogP contribution is 2.36. The molecule has 0 fully saturated rings. The van der Waals surface area contributed by atoms with Crippen molar-refractivity contribution in [3.8, 4) is 11.5 Å². The van der Waals surface area contributed by atoms with Crippen LogP contribution < -0.4 is 14.8 Å². The maximum absolute atomic E-state index is 11.8. The summed E-state index contributed by atoms with van der Waals surface area (Å²) in [5.74, 6) is 2.88. The number of halogens is 1. The van der Waals surface area contributed by atoms with Gasteiger partial charge in [-0.2, -0.15) is 0 Å². The van der Waals surface area contributed by atoms with Crippen LogP contribution >= 0.6 is 27.7 Å². The van der Waals surface area contributed by atoms with Crippen LogP contribution in [0.3, 0.4) is 0 Å². The van der Waals surface area contributed by atoms with Crippen molar-refractivity contribution in [2.45, 2.75) is 38.5 Å². The lowest BCUT2D eigenvalue weighted by atomic mass is 10.2. The Kier molecular flexibility index (Phi) is 6.89. The fourth-order valence-corrected chi connectivity index (χ4v) is 3.77. The second kappa shape index (κ2) is 8.67. The van der Waals surface area contributed by atoms with Gasteiger partial charge in [0.25, 0.3) is 0 Å². The highest BCUT2D eigenvalue weighted by Gasteiger charge is 2.15. The molecule has 0 bridgehead atoms. The van der Waals surface area contributed by atoms with Gasteiger partial charge in [0.15, 0.2) is 11.5 Å². The third-order valence-corrected chi connectivity index (χ3v) is 5.05. The van der Waals surface area contributed by atoms with Gasteiger partial charge in [-0.25, -0.2) is 0 Å². The number of amides is 1. The van der Waals surface area contributed by atoms with Crippen molar-refractivity contribution in [2.75, 3.05) is 19.0 Å². The summed E-state index contributed by atoms with van der Waals surface area (Å²) >= 11 is 5.15. The van der Waals surface area contributed by atoms with Crippen LogP contribution in [0.5, 0.6) is 11.5 Å². The summed E-state index contributed by atoms with van der Waals surface area (Å²) in [5, 5.41) is 3.02. The summed E-state index contributed by atoms with van der Waals surface area (Å²) < 4.78 is 12.1. The molecular weight excluding hydrogens is 366 g/mol. The summed E-state index contributed by atoms with van der Waals surface area (Å²) in [4.78, 5) is 11.8. The molecule has 4 nitrogen and oxygen atoms in total. The maximum Gasteiger partial charge on any atom is 0.230 e. The Balaban J connectivity index is 1.83. The number of fused-ring (bicyclic) bond motifs is 1. The molecule has 1 aliphatic heterocycles. The van der Waals surface area contributed by atoms with Crippen LogP contribution in [0, 0.1) is 0 Å². The Morgan fingerprint density at radius 2 is 2.05 bits per heavy atom. The molecule has 22 heavy (non-hydrogen) atoms. The number of ether oxygens (including phenoxy) is 2. The lowest BCUT2D eigenvalue weighted by molar-refractivity contribution is -0.119. The predicted octanol–water partition coefficient (Wildman–Crippen LogP) is 3.76. The SMILES string of the molecule is CCC[C@H](C)NC(=O)CSCc1cc2c(cc1Br)OCCO2. The number of hydrogen-bond donors (Lipinski definition) is 1. The lowest BCUT2D eigenvalue weighted by Crippen LogP contribution is -2.33. The van der Waals surface area contributed by atoms with E-state index in [0.717, 1.165) is 40.1 Å². The fourth-order valence-electron chi connectivity index (χ4n) is 2.29. The van der Waals surface area contributed by atoms with Crippen molar-refractivity contribution < 1.29 is 14.3 Å². The van der Waals surface area contributed by atoms with Gasteiger partial charge in [-0.1, -0.05) is 29.3 Å². The lowest BCUT2D eigenvalue weighted by Gasteiger charge is -2.20. The molecule has 0 unspecified atom stereocenters. The maximum atomic E-state index is 11.8. The number of rotatable bonds is 7. The van der Waals surface area contributed by atoms with Crippen LogP contribution in [0.15, 0.2) is 16.6 Å². The molecule has 1 atom stereocenters. The van der Waals surface area contributed by atoms with Crippen LogP contribution in [0.1, 0.15) is 32.3 Å². The van der Waals surface area contributed by atoms with Crippen molar-refractivity contribution in [1.29, 1.82) is 0 Å². The van der Waals surface area contributed by atoms with Gasteiger partial charge in [0.2, 0.25) is 5.91 Å². The normalized spacial score (nSPS) is 14.5. The number of nitrogens with one attached hydrogen (secondary N) is 1. The van der Waals surface area contributed by atoms with Crippen molar-refractivity contribution in [1.82, 2.24) is 5.32 Å². The minimum atomic E-state index is 0.0969. The molecular formula is C16H22BrNO3S. The molecule has 0 spiro atoms. The van der Waals surface area contributed by atoms with E-state index in [1.54, 1.807) is 11.8 Å². The number of thioether (sulfide) groups is 1. The Morgan fingerprint density at radius 3 is 2.73 bits per heavy atom. The standard InChI is InChI=1S/C16H22BrNO3S/c1-3-4-11(2)18-16(19)10-22-9-12-7-14-15(8-13(12)17)21-6-5-20-14/h7-8,11H,3-6,9-10H2,1-2H3,(H,18,19)/t11-/m0/s1. The first-order valence-electron chi connectivity index (χ1n) is 7.55. The van der Waals surface area contributed by atoms with E-state index in [1.807, 2.05) is 19.1 Å². The third kappa shape index (κ3) is 5.09. The first-order valence-corrected chi connectivity index (χ1v) is 9.50. The molecule has 0 saturated carbocycles. The Hall–Kier alpha value is -0.880. The van der Waals surface area contributed by atoms with Crippen molar-refractivity contribution in [2.24, 2.45) is 0 Å². The molecule has 2 rings (SSSR count). The smallest absolute Gasteiger partial charge is 0.230 e. The van der Waals surface area contributed by atoms with Crippen LogP contribution in [-0.2, 0) is 10.5 Å². The molecule has 6 heteroatoms. The Bertz CT molecular complexity index is 524. The van der Waals surface area contributed by atoms with E-state index >= 15 is 0 Å². The van der Waals surface area contributed by atoms with Gasteiger partial charge in [0.05, 0.1) is 5.75 Å². The molecule has 1 aromatic rings. The quantitative estimate of drug-likeness (QED) is 0.773. The van der Waals surface area contributed by atoms with Crippen molar-refractivity contribution in [3.05, 3.63) is 22.2 Å². The van der Waals surface area contributed by atoms with Crippen molar-refractivity contribution in [3.63, 3.8) is 0 Å². The van der Waals surface area contributed by atoms with Gasteiger partial charge in [0, 0.05) is 16.3 Å². The van der Waals surface area contributed by atoms with E-state index in [4.69, 9.17) is 9.47 Å². The molecule has 122 valence electrons. The highest BCUT2D eigenvalue weighted by molar-refractivity contribution is 9.10. The Morgan fingerprint density at radius 1 is 1.36 bits per heavy atom. The van der Waals surface area contributed by atoms with Crippen molar-refractivity contribution >= 4 is 33.6 Å². The molecule has 0 radical (unpaired) electrons. The van der Waals surface area contributed by atoms with E-state index in [0.29, 0.717) is 19.0 Å². The van der Waals surface area contributed by atoms with Crippen LogP contribution in [0.25, 0.3) is 0 Å². The molecule has 1 aliphatic rings. The number of hydrogen-bond acceptors (Lipinski definition) is 4. The Labute approximate surface area is 144 Å². The van der Waals surface area contributed by atoms with Crippen LogP contribution in [-0.4, -0.2) is 30.9 Å². The second-order valence-electron chi connectivity index (χ2n) is 5.34. The third-order valence-electron chi connectivity index (χ3n) is 3.33. The molecule has 1 heterocycles. The summed E-state index contributed by atoms with van der Waals surface area (Å²) in [7, 11) is 0. The van der Waals surface area contributed by atoms with Gasteiger partial charge in [0.1, 0.15) is 13.2 Å². The number of carbonyl (C=O) groups is 1. The van der Waals surface area contributed by atoms with Gasteiger partial charge >= 0.3 is 0 Å². The molecule has 1 amide bonds. The van der Waals surface area contributed by atoms with E-state index in [9.17, 15) is 4.79 Å². The highest BCUT2D eigenvalue weighted by atomic mass is 79.9. The summed E-state index contributed by atoms with van der Waals surface area (Å²) in [6, 6.07) is 4.18. The summed E-state index contributed by atoms with van der Waals surface area (Å²) in [6.45, 7) is 5.34. The van der Waals surface area contributed by atoms with E-state index in [-0.39, 0.29) is 11.9 Å². The van der Waals surface area contributed by atoms with Gasteiger partial charge in [-0.3, -0.25) is 4.79 Å². The topological polar surface area (TPSA) is 47.6 Å². The average Bonchev–Trinajstić information content (AvgIpc) is 2.48. The predicted molar refractivity (Wildman–Crippen MR) is 93.8 cm³/mol. The number of carbonyl (C=O) groups excluding carboxylic acids is 1. The first-order chi connectivity index (χ1) is 10.6. The van der Waals surface area contributed by atoms with Crippen LogP contribution in [0.2, 0.25) is 0 Å². The minimum absolute atomic E-state index is 0.0969. The summed E-state index contributed by atoms with van der Waals surface area (Å²) in [6.07, 6.45) is 2.10. The molecule has 0 aromatic heterocycles. The first kappa shape index (κ1) is 17.5. The monoisotopic (exact) mass is 387 g/mol. The zero-order chi connectivity index (χ0) is 15.9. The molecule has 0 aliphatic carbocycles. The van der Waals surface area contributed by atoms with Gasteiger partial charge in [-0.05, 0) is 31.0 Å². The minimum Gasteiger partial charge on any atom is -0.486 e. The van der Waals surface area contributed by atoms with Crippen LogP contribution in [0.4, 0.5) is 0 Å². The zero-order valence-electron chi connectivity index (χ0n) is 13.0. The van der Waals surface area contributed by atoms with E-state index in [1.165, 1.54) is 0 Å².